The van der Waals surface area contributed by atoms with E-state index in [9.17, 15) is 0 Å². The third-order valence-corrected chi connectivity index (χ3v) is 3.59. The van der Waals surface area contributed by atoms with Gasteiger partial charge in [-0.1, -0.05) is 87.6 Å². The van der Waals surface area contributed by atoms with E-state index in [0.717, 1.165) is 33.4 Å². The van der Waals surface area contributed by atoms with E-state index in [2.05, 4.69) is 53.7 Å². The summed E-state index contributed by atoms with van der Waals surface area (Å²) in [5.41, 5.74) is 6.59. The Bertz CT molecular complexity index is 638. The molecule has 0 saturated carbocycles. The van der Waals surface area contributed by atoms with Gasteiger partial charge in [0.15, 0.2) is 0 Å². The Hall–Kier alpha value is -2.60. The molecule has 0 N–H and O–H groups in total. The number of rotatable bonds is 9. The third kappa shape index (κ3) is 5.96. The molecule has 0 bridgehead atoms. The molecule has 0 nitrogen and oxygen atoms in total. The lowest BCUT2D eigenvalue weighted by atomic mass is 9.91. The van der Waals surface area contributed by atoms with Crippen molar-refractivity contribution in [3.05, 3.63) is 121 Å². The van der Waals surface area contributed by atoms with Crippen LogP contribution in [0.5, 0.6) is 0 Å². The summed E-state index contributed by atoms with van der Waals surface area (Å²) in [4.78, 5) is 0. The lowest BCUT2D eigenvalue weighted by Crippen LogP contribution is -1.95. The molecule has 0 aliphatic carbocycles. The van der Waals surface area contributed by atoms with E-state index < -0.39 is 0 Å². The molecule has 0 spiro atoms. The van der Waals surface area contributed by atoms with Gasteiger partial charge < -0.3 is 0 Å². The van der Waals surface area contributed by atoms with E-state index in [1.165, 1.54) is 0 Å². The van der Waals surface area contributed by atoms with E-state index in [4.69, 9.17) is 0 Å². The second kappa shape index (κ2) is 11.0. The van der Waals surface area contributed by atoms with E-state index in [-0.39, 0.29) is 0 Å². The summed E-state index contributed by atoms with van der Waals surface area (Å²) in [6.07, 6.45) is 17.0. The van der Waals surface area contributed by atoms with Crippen LogP contribution < -0.4 is 0 Å². The van der Waals surface area contributed by atoms with E-state index in [1.807, 2.05) is 42.5 Å². The van der Waals surface area contributed by atoms with Gasteiger partial charge in [0, 0.05) is 0 Å². The fourth-order valence-corrected chi connectivity index (χ4v) is 2.32. The Morgan fingerprint density at radius 2 is 1.13 bits per heavy atom. The Kier molecular flexibility index (Phi) is 9.78. The van der Waals surface area contributed by atoms with Crippen molar-refractivity contribution in [2.75, 3.05) is 0 Å². The molecule has 23 heavy (non-hydrogen) atoms. The molecule has 0 aromatic carbocycles. The molecular formula is C23H28. The van der Waals surface area contributed by atoms with Gasteiger partial charge in [0.1, 0.15) is 0 Å². The van der Waals surface area contributed by atoms with E-state index in [1.54, 1.807) is 12.2 Å². The first-order chi connectivity index (χ1) is 11.0. The molecule has 0 heteroatoms. The maximum absolute atomic E-state index is 3.98. The Morgan fingerprint density at radius 1 is 0.609 bits per heavy atom. The minimum absolute atomic E-state index is 1.04. The van der Waals surface area contributed by atoms with Crippen LogP contribution in [0.25, 0.3) is 0 Å². The highest BCUT2D eigenvalue weighted by Crippen LogP contribution is 2.27. The number of allylic oxidation sites excluding steroid dienone is 15. The van der Waals surface area contributed by atoms with Gasteiger partial charge in [-0.2, -0.15) is 0 Å². The van der Waals surface area contributed by atoms with Gasteiger partial charge >= 0.3 is 0 Å². The molecule has 0 saturated heterocycles. The normalized spacial score (nSPS) is 14.7. The lowest BCUT2D eigenvalue weighted by Gasteiger charge is -2.14. The van der Waals surface area contributed by atoms with Crippen molar-refractivity contribution in [3.8, 4) is 0 Å². The number of hydrogen-bond acceptors (Lipinski definition) is 0. The van der Waals surface area contributed by atoms with Gasteiger partial charge in [-0.15, -0.1) is 0 Å². The van der Waals surface area contributed by atoms with Crippen molar-refractivity contribution in [3.63, 3.8) is 0 Å². The van der Waals surface area contributed by atoms with Gasteiger partial charge in [0.05, 0.1) is 0 Å². The summed E-state index contributed by atoms with van der Waals surface area (Å²) >= 11 is 0. The minimum atomic E-state index is 1.04. The monoisotopic (exact) mass is 304 g/mol. The second-order valence-corrected chi connectivity index (χ2v) is 5.02. The van der Waals surface area contributed by atoms with Gasteiger partial charge in [-0.25, -0.2) is 0 Å². The van der Waals surface area contributed by atoms with Crippen LogP contribution in [0.15, 0.2) is 121 Å². The van der Waals surface area contributed by atoms with Crippen LogP contribution in [0.1, 0.15) is 20.8 Å². The quantitative estimate of drug-likeness (QED) is 0.403. The van der Waals surface area contributed by atoms with Crippen LogP contribution in [0.4, 0.5) is 0 Å². The highest BCUT2D eigenvalue weighted by molar-refractivity contribution is 5.57. The van der Waals surface area contributed by atoms with Gasteiger partial charge in [-0.05, 0) is 54.2 Å². The summed E-state index contributed by atoms with van der Waals surface area (Å²) in [5, 5.41) is 0. The first-order valence-corrected chi connectivity index (χ1v) is 7.57. The molecule has 0 atom stereocenters. The van der Waals surface area contributed by atoms with Gasteiger partial charge in [-0.3, -0.25) is 0 Å². The summed E-state index contributed by atoms with van der Waals surface area (Å²) < 4.78 is 0. The van der Waals surface area contributed by atoms with Crippen molar-refractivity contribution in [2.45, 2.75) is 20.8 Å². The van der Waals surface area contributed by atoms with Crippen LogP contribution in [0.3, 0.4) is 0 Å². The van der Waals surface area contributed by atoms with Gasteiger partial charge in [0.2, 0.25) is 0 Å². The molecule has 0 fully saturated rings. The van der Waals surface area contributed by atoms with Crippen LogP contribution >= 0.6 is 0 Å². The highest BCUT2D eigenvalue weighted by atomic mass is 14.1. The predicted octanol–water partition coefficient (Wildman–Crippen LogP) is 6.98. The van der Waals surface area contributed by atoms with Crippen molar-refractivity contribution in [1.82, 2.24) is 0 Å². The largest absolute Gasteiger partial charge is 0.0991 e. The Labute approximate surface area is 142 Å². The maximum Gasteiger partial charge on any atom is -0.0192 e. The topological polar surface area (TPSA) is 0 Å². The smallest absolute Gasteiger partial charge is 0.0192 e. The zero-order chi connectivity index (χ0) is 17.8. The molecular weight excluding hydrogens is 276 g/mol. The van der Waals surface area contributed by atoms with Crippen molar-refractivity contribution in [2.24, 2.45) is 0 Å². The molecule has 0 aromatic rings. The summed E-state index contributed by atoms with van der Waals surface area (Å²) in [6, 6.07) is 0. The molecule has 120 valence electrons. The fourth-order valence-electron chi connectivity index (χ4n) is 2.32. The lowest BCUT2D eigenvalue weighted by molar-refractivity contribution is 1.26. The third-order valence-electron chi connectivity index (χ3n) is 3.59. The molecule has 0 rings (SSSR count). The number of hydrogen-bond donors (Lipinski definition) is 0. The average molecular weight is 304 g/mol. The SMILES string of the molecule is C=C\C=C/C(C)=C(C=C)/C(C)=C(C=C)/C(C)=C(C=C)/C=C\C=C. The summed E-state index contributed by atoms with van der Waals surface area (Å²) in [7, 11) is 0. The zero-order valence-electron chi connectivity index (χ0n) is 14.7. The first-order valence-electron chi connectivity index (χ1n) is 7.57. The Balaban J connectivity index is 6.39. The zero-order valence-corrected chi connectivity index (χ0v) is 14.7. The molecule has 0 aliphatic rings. The minimum Gasteiger partial charge on any atom is -0.0991 e. The van der Waals surface area contributed by atoms with Crippen LogP contribution in [0, 0.1) is 0 Å². The van der Waals surface area contributed by atoms with Crippen molar-refractivity contribution < 1.29 is 0 Å². The second-order valence-electron chi connectivity index (χ2n) is 5.02. The highest BCUT2D eigenvalue weighted by Gasteiger charge is 2.08. The van der Waals surface area contributed by atoms with Crippen molar-refractivity contribution in [1.29, 1.82) is 0 Å². The molecule has 0 aliphatic heterocycles. The summed E-state index contributed by atoms with van der Waals surface area (Å²) in [6.45, 7) is 25.5. The Morgan fingerprint density at radius 3 is 1.57 bits per heavy atom. The molecule has 0 aromatic heterocycles. The predicted molar refractivity (Wildman–Crippen MR) is 107 cm³/mol. The van der Waals surface area contributed by atoms with E-state index in [0.29, 0.717) is 0 Å². The van der Waals surface area contributed by atoms with Crippen LogP contribution in [-0.2, 0) is 0 Å². The average Bonchev–Trinajstić information content (AvgIpc) is 2.55. The molecule has 0 unspecified atom stereocenters. The van der Waals surface area contributed by atoms with Crippen LogP contribution in [-0.4, -0.2) is 0 Å². The molecule has 0 heterocycles. The molecule has 0 radical (unpaired) electrons. The van der Waals surface area contributed by atoms with E-state index >= 15 is 0 Å². The summed E-state index contributed by atoms with van der Waals surface area (Å²) in [5.74, 6) is 0. The van der Waals surface area contributed by atoms with Crippen LogP contribution in [0.2, 0.25) is 0 Å². The maximum atomic E-state index is 3.98. The van der Waals surface area contributed by atoms with Crippen molar-refractivity contribution >= 4 is 0 Å². The van der Waals surface area contributed by atoms with Gasteiger partial charge in [0.25, 0.3) is 0 Å². The molecule has 0 amide bonds. The first kappa shape index (κ1) is 20.4. The fraction of sp³-hybridized carbons (Fsp3) is 0.130. The standard InChI is InChI=1S/C23H28/c1-9-14-16-18(6)22(12-4)20(8)23(13-5)19(7)21(11-3)17-15-10-2/h9-17H,1-5H2,6-8H3/b16-14-,17-15-,21-19+,22-18+,23-20+.